The number of carbonyl (C=O) groups excluding carboxylic acids is 1. The van der Waals surface area contributed by atoms with Gasteiger partial charge in [-0.05, 0) is 69.4 Å². The molecule has 3 heterocycles. The first kappa shape index (κ1) is 26.1. The van der Waals surface area contributed by atoms with Crippen LogP contribution in [0, 0.1) is 5.92 Å². The van der Waals surface area contributed by atoms with E-state index in [0.29, 0.717) is 41.8 Å². The molecule has 1 aromatic heterocycles. The first-order chi connectivity index (χ1) is 16.6. The fraction of sp³-hybridized carbons (Fsp3) is 0.556. The van der Waals surface area contributed by atoms with Crippen molar-refractivity contribution in [1.29, 1.82) is 0 Å². The molecule has 0 radical (unpaired) electrons. The molecule has 8 heteroatoms. The van der Waals surface area contributed by atoms with Crippen LogP contribution in [0.3, 0.4) is 0 Å². The Hall–Kier alpha value is -1.97. The molecule has 0 saturated carbocycles. The van der Waals surface area contributed by atoms with Crippen molar-refractivity contribution >= 4 is 31.2 Å². The van der Waals surface area contributed by atoms with Crippen LogP contribution in [0.25, 0.3) is 0 Å². The van der Waals surface area contributed by atoms with Crippen LogP contribution in [-0.4, -0.2) is 50.1 Å². The van der Waals surface area contributed by atoms with Crippen molar-refractivity contribution < 1.29 is 23.0 Å². The topological polar surface area (TPSA) is 43.7 Å². The number of benzene rings is 1. The Balaban J connectivity index is 1.52. The summed E-state index contributed by atoms with van der Waals surface area (Å²) in [4.78, 5) is 15.2. The number of hydrogen-bond donors (Lipinski definition) is 0. The number of carbonyl (C=O) groups is 1. The molecule has 35 heavy (non-hydrogen) atoms. The van der Waals surface area contributed by atoms with Crippen molar-refractivity contribution in [1.82, 2.24) is 9.47 Å². The van der Waals surface area contributed by atoms with E-state index in [9.17, 15) is 13.6 Å². The molecule has 2 aromatic rings. The van der Waals surface area contributed by atoms with Gasteiger partial charge in [-0.3, -0.25) is 4.79 Å². The first-order valence-electron chi connectivity index (χ1n) is 12.2. The monoisotopic (exact) mass is 600 g/mol. The van der Waals surface area contributed by atoms with E-state index >= 15 is 0 Å². The molecular formula is C27H35F2IN2O3. The number of nitrogens with zero attached hydrogens (tertiary/aromatic N) is 2. The fourth-order valence-corrected chi connectivity index (χ4v) is 6.32. The quantitative estimate of drug-likeness (QED) is 0.288. The lowest BCUT2D eigenvalue weighted by Crippen LogP contribution is -2.50. The standard InChI is InChI=1S/C27H35F2IN2O3/c1-18(2)35-22-8-6-20(16-23(22)34-5)25(33)31-14-11-26(12-15-31)19(3)10-13-32-21(7-9-24(26)32)17-27(28,29)30-4/h6-9,16,18-19H,4,10-15,17H2,1-3,5H3. The molecule has 0 aliphatic carbocycles. The number of ether oxygens (including phenoxy) is 2. The van der Waals surface area contributed by atoms with Crippen molar-refractivity contribution in [2.75, 3.05) is 20.2 Å². The van der Waals surface area contributed by atoms with E-state index < -0.39 is 24.7 Å². The van der Waals surface area contributed by atoms with Gasteiger partial charge in [0.1, 0.15) is 0 Å². The normalized spacial score (nSPS) is 19.6. The van der Waals surface area contributed by atoms with E-state index in [1.807, 2.05) is 24.8 Å². The van der Waals surface area contributed by atoms with Crippen LogP contribution in [0.2, 0.25) is 0 Å². The second-order valence-corrected chi connectivity index (χ2v) is 12.3. The van der Waals surface area contributed by atoms with Crippen molar-refractivity contribution in [3.8, 4) is 11.5 Å². The average molecular weight is 600 g/mol. The summed E-state index contributed by atoms with van der Waals surface area (Å²) in [6.45, 7) is 8.21. The van der Waals surface area contributed by atoms with Crippen LogP contribution < -0.4 is 9.47 Å². The molecule has 2 aliphatic heterocycles. The molecule has 0 bridgehead atoms. The van der Waals surface area contributed by atoms with Gasteiger partial charge in [0.15, 0.2) is 11.5 Å². The molecule has 1 aromatic carbocycles. The highest BCUT2D eigenvalue weighted by Crippen LogP contribution is 2.48. The molecule has 1 atom stereocenters. The minimum Gasteiger partial charge on any atom is -0.493 e. The van der Waals surface area contributed by atoms with Gasteiger partial charge in [-0.1, -0.05) is 32.2 Å². The van der Waals surface area contributed by atoms with E-state index in [-0.39, 0.29) is 23.8 Å². The van der Waals surface area contributed by atoms with Crippen LogP contribution in [0.15, 0.2) is 30.3 Å². The lowest BCUT2D eigenvalue weighted by Gasteiger charge is -2.49. The zero-order chi connectivity index (χ0) is 25.4. The maximum atomic E-state index is 14.2. The molecular weight excluding hydrogens is 565 g/mol. The van der Waals surface area contributed by atoms with Crippen molar-refractivity contribution in [2.24, 2.45) is 5.92 Å². The minimum atomic E-state index is -2.68. The predicted molar refractivity (Wildman–Crippen MR) is 144 cm³/mol. The molecule has 4 rings (SSSR count). The van der Waals surface area contributed by atoms with Gasteiger partial charge in [-0.2, -0.15) is 8.78 Å². The average Bonchev–Trinajstić information content (AvgIpc) is 3.24. The van der Waals surface area contributed by atoms with Gasteiger partial charge in [0, 0.05) is 42.0 Å². The van der Waals surface area contributed by atoms with Gasteiger partial charge in [0.25, 0.3) is 9.84 Å². The Labute approximate surface area is 216 Å². The lowest BCUT2D eigenvalue weighted by atomic mass is 9.64. The molecule has 1 unspecified atom stereocenters. The summed E-state index contributed by atoms with van der Waals surface area (Å²) < 4.78 is 42.5. The highest BCUT2D eigenvalue weighted by Gasteiger charge is 2.46. The maximum Gasteiger partial charge on any atom is 0.296 e. The van der Waals surface area contributed by atoms with E-state index in [1.54, 1.807) is 25.3 Å². The number of hydrogen-bond acceptors (Lipinski definition) is 3. The van der Waals surface area contributed by atoms with Crippen molar-refractivity contribution in [3.63, 3.8) is 0 Å². The number of piperidine rings is 1. The summed E-state index contributed by atoms with van der Waals surface area (Å²) in [6, 6.07) is 9.26. The third-order valence-electron chi connectivity index (χ3n) is 7.60. The van der Waals surface area contributed by atoms with Crippen molar-refractivity contribution in [2.45, 2.75) is 68.4 Å². The summed E-state index contributed by atoms with van der Waals surface area (Å²) in [7, 11) is 1.57. The highest BCUT2D eigenvalue weighted by atomic mass is 127. The summed E-state index contributed by atoms with van der Waals surface area (Å²) in [6.07, 6.45) is 2.40. The molecule has 1 spiro atoms. The van der Waals surface area contributed by atoms with E-state index in [1.165, 1.54) is 0 Å². The Bertz CT molecular complexity index is 1090. The van der Waals surface area contributed by atoms with Gasteiger partial charge in [0.2, 0.25) is 0 Å². The smallest absolute Gasteiger partial charge is 0.296 e. The predicted octanol–water partition coefficient (Wildman–Crippen LogP) is 6.04. The molecule has 0 N–H and O–H groups in total. The largest absolute Gasteiger partial charge is 0.493 e. The molecule has 1 fully saturated rings. The number of amides is 1. The van der Waals surface area contributed by atoms with Crippen LogP contribution in [0.4, 0.5) is 8.78 Å². The van der Waals surface area contributed by atoms with Crippen LogP contribution in [0.1, 0.15) is 61.8 Å². The maximum absolute atomic E-state index is 14.2. The second-order valence-electron chi connectivity index (χ2n) is 9.96. The molecule has 1 saturated heterocycles. The number of aromatic nitrogens is 1. The third-order valence-corrected chi connectivity index (χ3v) is 9.10. The number of fused-ring (bicyclic) bond motifs is 2. The Morgan fingerprint density at radius 2 is 1.91 bits per heavy atom. The molecule has 5 nitrogen and oxygen atoms in total. The first-order valence-corrected chi connectivity index (χ1v) is 14.8. The van der Waals surface area contributed by atoms with Crippen LogP contribution in [0.5, 0.6) is 11.5 Å². The Morgan fingerprint density at radius 3 is 2.54 bits per heavy atom. The molecule has 192 valence electrons. The zero-order valence-electron chi connectivity index (χ0n) is 21.0. The van der Waals surface area contributed by atoms with Crippen LogP contribution in [-0.2, 0) is 18.4 Å². The second kappa shape index (κ2) is 10.2. The summed E-state index contributed by atoms with van der Waals surface area (Å²) >= 11 is -1.40. The number of rotatable bonds is 7. The summed E-state index contributed by atoms with van der Waals surface area (Å²) in [5, 5.41) is 0. The SMILES string of the molecule is C=IC(F)(F)Cc1ccc2n1CCC(C)C21CCN(C(=O)c2ccc(OC(C)C)c(OC)c2)CC1. The number of alkyl halides is 3. The number of likely N-dealkylation sites (tertiary alicyclic amines) is 1. The fourth-order valence-electron chi connectivity index (χ4n) is 5.66. The zero-order valence-corrected chi connectivity index (χ0v) is 23.1. The van der Waals surface area contributed by atoms with Gasteiger partial charge < -0.3 is 18.9 Å². The Morgan fingerprint density at radius 1 is 1.20 bits per heavy atom. The summed E-state index contributed by atoms with van der Waals surface area (Å²) in [5.41, 5.74) is 2.37. The van der Waals surface area contributed by atoms with Crippen LogP contribution >= 0.6 is 20.7 Å². The van der Waals surface area contributed by atoms with Crippen molar-refractivity contribution in [3.05, 3.63) is 47.3 Å². The van der Waals surface area contributed by atoms with E-state index in [4.69, 9.17) is 9.47 Å². The van der Waals surface area contributed by atoms with E-state index in [2.05, 4.69) is 22.1 Å². The lowest BCUT2D eigenvalue weighted by molar-refractivity contribution is 0.0561. The van der Waals surface area contributed by atoms with E-state index in [0.717, 1.165) is 31.5 Å². The van der Waals surface area contributed by atoms with Gasteiger partial charge >= 0.3 is 0 Å². The number of halogens is 3. The summed E-state index contributed by atoms with van der Waals surface area (Å²) in [5.74, 6) is 1.58. The highest BCUT2D eigenvalue weighted by molar-refractivity contribution is 14.2. The molecule has 2 aliphatic rings. The number of methoxy groups -OCH3 is 1. The van der Waals surface area contributed by atoms with Gasteiger partial charge in [-0.15, -0.1) is 0 Å². The third kappa shape index (κ3) is 5.13. The Kier molecular flexibility index (Phi) is 7.60. The van der Waals surface area contributed by atoms with Gasteiger partial charge in [-0.25, -0.2) is 0 Å². The van der Waals surface area contributed by atoms with Gasteiger partial charge in [0.05, 0.1) is 19.6 Å². The minimum absolute atomic E-state index is 0.00666. The molecule has 1 amide bonds.